The third kappa shape index (κ3) is 1.97. The van der Waals surface area contributed by atoms with Crippen molar-refractivity contribution >= 4 is 5.96 Å². The van der Waals surface area contributed by atoms with E-state index in [2.05, 4.69) is 25.5 Å². The van der Waals surface area contributed by atoms with Crippen molar-refractivity contribution < 1.29 is 0 Å². The molecule has 0 bridgehead atoms. The first-order valence-electron chi connectivity index (χ1n) is 4.62. The predicted octanol–water partition coefficient (Wildman–Crippen LogP) is -1.39. The lowest BCUT2D eigenvalue weighted by Crippen LogP contribution is -2.45. The Hall–Kier alpha value is -2.45. The van der Waals surface area contributed by atoms with Crippen LogP contribution in [0.4, 0.5) is 0 Å². The molecule has 2 aromatic rings. The summed E-state index contributed by atoms with van der Waals surface area (Å²) < 4.78 is 3.06. The average molecular weight is 221 g/mol. The van der Waals surface area contributed by atoms with Gasteiger partial charge in [0.2, 0.25) is 5.96 Å². The van der Waals surface area contributed by atoms with E-state index < -0.39 is 0 Å². The lowest BCUT2D eigenvalue weighted by atomic mass is 10.7. The molecule has 2 heterocycles. The molecule has 0 saturated heterocycles. The average Bonchev–Trinajstić information content (AvgIpc) is 2.91. The first-order valence-corrected chi connectivity index (χ1v) is 4.62. The molecular weight excluding hydrogens is 210 g/mol. The van der Waals surface area contributed by atoms with Crippen LogP contribution in [0, 0.1) is 0 Å². The van der Waals surface area contributed by atoms with Crippen molar-refractivity contribution in [3.63, 3.8) is 0 Å². The van der Waals surface area contributed by atoms with Crippen LogP contribution in [0.3, 0.4) is 0 Å². The van der Waals surface area contributed by atoms with Gasteiger partial charge in [-0.2, -0.15) is 0 Å². The minimum absolute atomic E-state index is 0.294. The lowest BCUT2D eigenvalue weighted by molar-refractivity contribution is 0.713. The van der Waals surface area contributed by atoms with E-state index >= 15 is 0 Å². The highest BCUT2D eigenvalue weighted by molar-refractivity contribution is 5.87. The standard InChI is InChI=1S/C7H11N9/c1-2-16(15-5-11-12-6-15)7(8)13-14-3-9-10-4-14/h3-6H,2H2,1H3,(H2,8,13). The smallest absolute Gasteiger partial charge is 0.234 e. The van der Waals surface area contributed by atoms with Crippen molar-refractivity contribution in [2.24, 2.45) is 10.8 Å². The molecule has 0 aliphatic carbocycles. The molecule has 0 unspecified atom stereocenters. The molecular formula is C7H11N9. The Kier molecular flexibility index (Phi) is 2.76. The number of rotatable bonds is 3. The van der Waals surface area contributed by atoms with E-state index in [1.54, 1.807) is 9.69 Å². The summed E-state index contributed by atoms with van der Waals surface area (Å²) in [6, 6.07) is 0. The zero-order valence-corrected chi connectivity index (χ0v) is 8.67. The third-order valence-corrected chi connectivity index (χ3v) is 1.87. The maximum absolute atomic E-state index is 5.83. The van der Waals surface area contributed by atoms with Gasteiger partial charge in [-0.05, 0) is 6.92 Å². The number of guanidine groups is 1. The number of nitrogens with two attached hydrogens (primary N) is 1. The molecule has 84 valence electrons. The summed E-state index contributed by atoms with van der Waals surface area (Å²) in [5.74, 6) is 0.294. The molecule has 0 spiro atoms. The SMILES string of the molecule is CCN(/C(N)=N/n1cnnc1)n1cnnc1. The number of nitrogens with zero attached hydrogens (tertiary/aromatic N) is 8. The van der Waals surface area contributed by atoms with Crippen molar-refractivity contribution in [1.29, 1.82) is 0 Å². The third-order valence-electron chi connectivity index (χ3n) is 1.87. The summed E-state index contributed by atoms with van der Waals surface area (Å²) in [6.45, 7) is 2.57. The summed E-state index contributed by atoms with van der Waals surface area (Å²) in [6.07, 6.45) is 5.98. The summed E-state index contributed by atoms with van der Waals surface area (Å²) in [7, 11) is 0. The van der Waals surface area contributed by atoms with Crippen molar-refractivity contribution in [3.8, 4) is 0 Å². The fraction of sp³-hybridized carbons (Fsp3) is 0.286. The van der Waals surface area contributed by atoms with E-state index in [1.165, 1.54) is 30.0 Å². The van der Waals surface area contributed by atoms with Gasteiger partial charge in [0.25, 0.3) is 0 Å². The zero-order chi connectivity index (χ0) is 11.4. The molecule has 0 radical (unpaired) electrons. The maximum Gasteiger partial charge on any atom is 0.234 e. The molecule has 9 heteroatoms. The molecule has 2 rings (SSSR count). The van der Waals surface area contributed by atoms with Gasteiger partial charge in [0.05, 0.1) is 0 Å². The molecule has 9 nitrogen and oxygen atoms in total. The quantitative estimate of drug-likeness (QED) is 0.505. The highest BCUT2D eigenvalue weighted by atomic mass is 15.6. The Morgan fingerprint density at radius 3 is 2.31 bits per heavy atom. The number of hydrogen-bond donors (Lipinski definition) is 1. The van der Waals surface area contributed by atoms with Gasteiger partial charge in [-0.3, -0.25) is 0 Å². The summed E-state index contributed by atoms with van der Waals surface area (Å²) >= 11 is 0. The normalized spacial score (nSPS) is 11.7. The van der Waals surface area contributed by atoms with Crippen LogP contribution < -0.4 is 10.7 Å². The highest BCUT2D eigenvalue weighted by Gasteiger charge is 2.07. The van der Waals surface area contributed by atoms with Crippen molar-refractivity contribution in [3.05, 3.63) is 25.3 Å². The lowest BCUT2D eigenvalue weighted by Gasteiger charge is -2.20. The molecule has 16 heavy (non-hydrogen) atoms. The largest absolute Gasteiger partial charge is 0.367 e. The second kappa shape index (κ2) is 4.38. The van der Waals surface area contributed by atoms with Crippen LogP contribution in [0.15, 0.2) is 30.4 Å². The van der Waals surface area contributed by atoms with Crippen molar-refractivity contribution in [1.82, 2.24) is 29.7 Å². The Bertz CT molecular complexity index is 442. The molecule has 0 amide bonds. The minimum atomic E-state index is 0.294. The van der Waals surface area contributed by atoms with Crippen LogP contribution >= 0.6 is 0 Å². The molecule has 2 N–H and O–H groups in total. The Morgan fingerprint density at radius 1 is 1.19 bits per heavy atom. The van der Waals surface area contributed by atoms with Gasteiger partial charge in [-0.15, -0.1) is 25.5 Å². The summed E-state index contributed by atoms with van der Waals surface area (Å²) in [5, 5.41) is 20.4. The molecule has 2 aromatic heterocycles. The molecule has 0 aliphatic rings. The summed E-state index contributed by atoms with van der Waals surface area (Å²) in [4.78, 5) is 0. The predicted molar refractivity (Wildman–Crippen MR) is 55.8 cm³/mol. The highest BCUT2D eigenvalue weighted by Crippen LogP contribution is 1.90. The van der Waals surface area contributed by atoms with Gasteiger partial charge < -0.3 is 5.73 Å². The molecule has 0 fully saturated rings. The van der Waals surface area contributed by atoms with Crippen molar-refractivity contribution in [2.45, 2.75) is 6.92 Å². The first kappa shape index (κ1) is 10.1. The van der Waals surface area contributed by atoms with Gasteiger partial charge in [0, 0.05) is 6.54 Å². The second-order valence-corrected chi connectivity index (χ2v) is 2.86. The second-order valence-electron chi connectivity index (χ2n) is 2.86. The van der Waals surface area contributed by atoms with E-state index in [0.717, 1.165) is 0 Å². The van der Waals surface area contributed by atoms with Gasteiger partial charge in [0.15, 0.2) is 0 Å². The summed E-state index contributed by atoms with van der Waals surface area (Å²) in [5.41, 5.74) is 5.83. The fourth-order valence-corrected chi connectivity index (χ4v) is 1.18. The number of aromatic nitrogens is 6. The van der Waals surface area contributed by atoms with Crippen molar-refractivity contribution in [2.75, 3.05) is 11.6 Å². The van der Waals surface area contributed by atoms with Gasteiger partial charge in [0.1, 0.15) is 25.3 Å². The van der Waals surface area contributed by atoms with Crippen LogP contribution in [-0.2, 0) is 0 Å². The van der Waals surface area contributed by atoms with E-state index in [-0.39, 0.29) is 0 Å². The number of hydrogen-bond acceptors (Lipinski definition) is 5. The first-order chi connectivity index (χ1) is 7.81. The molecule has 0 aromatic carbocycles. The minimum Gasteiger partial charge on any atom is -0.367 e. The van der Waals surface area contributed by atoms with Crippen LogP contribution in [0.25, 0.3) is 0 Å². The van der Waals surface area contributed by atoms with Crippen LogP contribution in [0.2, 0.25) is 0 Å². The Morgan fingerprint density at radius 2 is 1.75 bits per heavy atom. The molecule has 0 atom stereocenters. The van der Waals surface area contributed by atoms with Gasteiger partial charge in [-0.25, -0.2) is 14.4 Å². The Balaban J connectivity index is 2.22. The maximum atomic E-state index is 5.83. The molecule has 0 saturated carbocycles. The monoisotopic (exact) mass is 221 g/mol. The fourth-order valence-electron chi connectivity index (χ4n) is 1.18. The Labute approximate surface area is 91.2 Å². The van der Waals surface area contributed by atoms with E-state index in [4.69, 9.17) is 5.73 Å². The zero-order valence-electron chi connectivity index (χ0n) is 8.67. The van der Waals surface area contributed by atoms with Crippen LogP contribution in [0.1, 0.15) is 6.92 Å². The molecule has 0 aliphatic heterocycles. The van der Waals surface area contributed by atoms with E-state index in [9.17, 15) is 0 Å². The van der Waals surface area contributed by atoms with Gasteiger partial charge in [-0.1, -0.05) is 0 Å². The van der Waals surface area contributed by atoms with Crippen LogP contribution in [0.5, 0.6) is 0 Å². The van der Waals surface area contributed by atoms with Crippen LogP contribution in [-0.4, -0.2) is 42.3 Å². The topological polar surface area (TPSA) is 103 Å². The van der Waals surface area contributed by atoms with E-state index in [0.29, 0.717) is 12.5 Å². The van der Waals surface area contributed by atoms with E-state index in [1.807, 2.05) is 6.92 Å². The van der Waals surface area contributed by atoms with Gasteiger partial charge >= 0.3 is 0 Å².